The molecule has 0 aliphatic carbocycles. The highest BCUT2D eigenvalue weighted by molar-refractivity contribution is 5.76. The predicted octanol–water partition coefficient (Wildman–Crippen LogP) is 3.33. The number of carbonyl (C=O) groups excluding carboxylic acids is 1. The topological polar surface area (TPSA) is 40.5 Å². The molecule has 1 aliphatic rings. The Morgan fingerprint density at radius 3 is 2.76 bits per heavy atom. The van der Waals surface area contributed by atoms with Gasteiger partial charge in [-0.25, -0.2) is 0 Å². The largest absolute Gasteiger partial charge is 0.394 e. The van der Waals surface area contributed by atoms with Gasteiger partial charge in [-0.15, -0.1) is 0 Å². The third-order valence-corrected chi connectivity index (χ3v) is 4.52. The highest BCUT2D eigenvalue weighted by atomic mass is 16.3. The molecule has 0 saturated carbocycles. The summed E-state index contributed by atoms with van der Waals surface area (Å²) in [5, 5.41) is 9.33. The van der Waals surface area contributed by atoms with E-state index in [1.165, 1.54) is 5.56 Å². The Morgan fingerprint density at radius 2 is 2.10 bits per heavy atom. The molecule has 0 aromatic heterocycles. The van der Waals surface area contributed by atoms with Crippen molar-refractivity contribution in [3.05, 3.63) is 35.9 Å². The zero-order chi connectivity index (χ0) is 15.1. The molecule has 1 heterocycles. The lowest BCUT2D eigenvalue weighted by Gasteiger charge is -2.24. The van der Waals surface area contributed by atoms with Gasteiger partial charge in [0, 0.05) is 13.0 Å². The molecule has 1 aromatic carbocycles. The summed E-state index contributed by atoms with van der Waals surface area (Å²) in [5.74, 6) is 0.680. The highest BCUT2D eigenvalue weighted by Crippen LogP contribution is 2.27. The number of carbonyl (C=O) groups is 1. The summed E-state index contributed by atoms with van der Waals surface area (Å²) in [7, 11) is 0. The fraction of sp³-hybridized carbons (Fsp3) is 0.611. The lowest BCUT2D eigenvalue weighted by Crippen LogP contribution is -2.37. The predicted molar refractivity (Wildman–Crippen MR) is 85.1 cm³/mol. The zero-order valence-corrected chi connectivity index (χ0v) is 13.0. The first kappa shape index (κ1) is 16.0. The van der Waals surface area contributed by atoms with Gasteiger partial charge in [0.05, 0.1) is 12.6 Å². The van der Waals surface area contributed by atoms with Crippen molar-refractivity contribution in [2.45, 2.75) is 57.4 Å². The lowest BCUT2D eigenvalue weighted by atomic mass is 9.90. The van der Waals surface area contributed by atoms with Gasteiger partial charge >= 0.3 is 0 Å². The Bertz CT molecular complexity index is 432. The molecule has 116 valence electrons. The minimum Gasteiger partial charge on any atom is -0.394 e. The number of aliphatic hydroxyl groups is 1. The van der Waals surface area contributed by atoms with Crippen molar-refractivity contribution in [3.8, 4) is 0 Å². The van der Waals surface area contributed by atoms with Gasteiger partial charge in [0.1, 0.15) is 0 Å². The van der Waals surface area contributed by atoms with Crippen molar-refractivity contribution in [2.75, 3.05) is 13.2 Å². The second kappa shape index (κ2) is 8.18. The molecule has 3 nitrogen and oxygen atoms in total. The SMILES string of the molecule is CCC[C@H](CCC(=O)N1CCC[C@H]1CO)c1ccccc1. The first-order valence-corrected chi connectivity index (χ1v) is 8.21. The monoisotopic (exact) mass is 289 g/mol. The van der Waals surface area contributed by atoms with Gasteiger partial charge in [-0.3, -0.25) is 4.79 Å². The number of rotatable bonds is 7. The van der Waals surface area contributed by atoms with Crippen LogP contribution in [-0.2, 0) is 4.79 Å². The van der Waals surface area contributed by atoms with Gasteiger partial charge in [0.15, 0.2) is 0 Å². The van der Waals surface area contributed by atoms with E-state index in [4.69, 9.17) is 0 Å². The van der Waals surface area contributed by atoms with Gasteiger partial charge in [0.25, 0.3) is 0 Å². The number of hydrogen-bond acceptors (Lipinski definition) is 2. The first-order chi connectivity index (χ1) is 10.3. The fourth-order valence-corrected chi connectivity index (χ4v) is 3.35. The maximum atomic E-state index is 12.4. The van der Waals surface area contributed by atoms with Gasteiger partial charge in [-0.1, -0.05) is 43.7 Å². The number of nitrogens with zero attached hydrogens (tertiary/aromatic N) is 1. The third kappa shape index (κ3) is 4.31. The average Bonchev–Trinajstić information content (AvgIpc) is 3.00. The smallest absolute Gasteiger partial charge is 0.222 e. The van der Waals surface area contributed by atoms with Crippen LogP contribution in [0.3, 0.4) is 0 Å². The summed E-state index contributed by atoms with van der Waals surface area (Å²) in [6.45, 7) is 3.11. The molecular weight excluding hydrogens is 262 g/mol. The van der Waals surface area contributed by atoms with E-state index >= 15 is 0 Å². The van der Waals surface area contributed by atoms with Crippen LogP contribution in [0.2, 0.25) is 0 Å². The summed E-state index contributed by atoms with van der Waals surface area (Å²) >= 11 is 0. The van der Waals surface area contributed by atoms with Crippen LogP contribution in [0.25, 0.3) is 0 Å². The molecule has 0 bridgehead atoms. The molecule has 2 rings (SSSR count). The van der Waals surface area contributed by atoms with Gasteiger partial charge in [-0.2, -0.15) is 0 Å². The number of hydrogen-bond donors (Lipinski definition) is 1. The van der Waals surface area contributed by atoms with Crippen LogP contribution in [0, 0.1) is 0 Å². The van der Waals surface area contributed by atoms with Crippen LogP contribution in [0.5, 0.6) is 0 Å². The Morgan fingerprint density at radius 1 is 1.33 bits per heavy atom. The molecule has 2 atom stereocenters. The van der Waals surface area contributed by atoms with Crippen LogP contribution >= 0.6 is 0 Å². The van der Waals surface area contributed by atoms with E-state index in [-0.39, 0.29) is 18.6 Å². The van der Waals surface area contributed by atoms with Crippen LogP contribution in [-0.4, -0.2) is 35.1 Å². The summed E-state index contributed by atoms with van der Waals surface area (Å²) in [4.78, 5) is 14.3. The standard InChI is InChI=1S/C18H27NO2/c1-2-7-15(16-8-4-3-5-9-16)11-12-18(21)19-13-6-10-17(19)14-20/h3-5,8-9,15,17,20H,2,6-7,10-14H2,1H3/t15-,17+/m1/s1. The summed E-state index contributed by atoms with van der Waals surface area (Å²) < 4.78 is 0. The molecule has 1 aromatic rings. The lowest BCUT2D eigenvalue weighted by molar-refractivity contribution is -0.132. The summed E-state index contributed by atoms with van der Waals surface area (Å²) in [6, 6.07) is 10.6. The minimum absolute atomic E-state index is 0.0545. The van der Waals surface area contributed by atoms with E-state index < -0.39 is 0 Å². The van der Waals surface area contributed by atoms with Crippen LogP contribution in [0.1, 0.15) is 56.9 Å². The zero-order valence-electron chi connectivity index (χ0n) is 13.0. The molecule has 3 heteroatoms. The van der Waals surface area contributed by atoms with Crippen molar-refractivity contribution in [2.24, 2.45) is 0 Å². The first-order valence-electron chi connectivity index (χ1n) is 8.21. The van der Waals surface area contributed by atoms with E-state index in [2.05, 4.69) is 31.2 Å². The Balaban J connectivity index is 1.91. The maximum Gasteiger partial charge on any atom is 0.222 e. The Labute approximate surface area is 128 Å². The van der Waals surface area contributed by atoms with Gasteiger partial charge < -0.3 is 10.0 Å². The van der Waals surface area contributed by atoms with Crippen molar-refractivity contribution in [1.29, 1.82) is 0 Å². The Kier molecular flexibility index (Phi) is 6.24. The van der Waals surface area contributed by atoms with E-state index in [1.807, 2.05) is 11.0 Å². The molecule has 0 radical (unpaired) electrons. The molecular formula is C18H27NO2. The second-order valence-corrected chi connectivity index (χ2v) is 6.00. The Hall–Kier alpha value is -1.35. The van der Waals surface area contributed by atoms with E-state index in [0.717, 1.165) is 38.6 Å². The van der Waals surface area contributed by atoms with Gasteiger partial charge in [-0.05, 0) is 37.2 Å². The van der Waals surface area contributed by atoms with E-state index in [1.54, 1.807) is 0 Å². The fourth-order valence-electron chi connectivity index (χ4n) is 3.35. The van der Waals surface area contributed by atoms with Crippen molar-refractivity contribution < 1.29 is 9.90 Å². The molecule has 0 spiro atoms. The summed E-state index contributed by atoms with van der Waals surface area (Å²) in [5.41, 5.74) is 1.34. The van der Waals surface area contributed by atoms with E-state index in [9.17, 15) is 9.90 Å². The van der Waals surface area contributed by atoms with Gasteiger partial charge in [0.2, 0.25) is 5.91 Å². The van der Waals surface area contributed by atoms with Crippen LogP contribution < -0.4 is 0 Å². The molecule has 1 N–H and O–H groups in total. The van der Waals surface area contributed by atoms with Crippen molar-refractivity contribution >= 4 is 5.91 Å². The number of likely N-dealkylation sites (tertiary alicyclic amines) is 1. The molecule has 1 amide bonds. The summed E-state index contributed by atoms with van der Waals surface area (Å²) in [6.07, 6.45) is 5.73. The molecule has 1 aliphatic heterocycles. The maximum absolute atomic E-state index is 12.4. The third-order valence-electron chi connectivity index (χ3n) is 4.52. The van der Waals surface area contributed by atoms with Crippen LogP contribution in [0.15, 0.2) is 30.3 Å². The molecule has 21 heavy (non-hydrogen) atoms. The van der Waals surface area contributed by atoms with E-state index in [0.29, 0.717) is 12.3 Å². The quantitative estimate of drug-likeness (QED) is 0.836. The number of amides is 1. The average molecular weight is 289 g/mol. The molecule has 1 fully saturated rings. The molecule has 1 saturated heterocycles. The normalized spacial score (nSPS) is 19.7. The number of benzene rings is 1. The van der Waals surface area contributed by atoms with Crippen LogP contribution in [0.4, 0.5) is 0 Å². The van der Waals surface area contributed by atoms with Crippen molar-refractivity contribution in [1.82, 2.24) is 4.90 Å². The highest BCUT2D eigenvalue weighted by Gasteiger charge is 2.28. The molecule has 0 unspecified atom stereocenters. The second-order valence-electron chi connectivity index (χ2n) is 6.00. The minimum atomic E-state index is 0.0545. The van der Waals surface area contributed by atoms with Crippen molar-refractivity contribution in [3.63, 3.8) is 0 Å². The number of aliphatic hydroxyl groups excluding tert-OH is 1.